The Morgan fingerprint density at radius 1 is 1.31 bits per heavy atom. The molecule has 2 bridgehead atoms. The second-order valence-electron chi connectivity index (χ2n) is 3.74. The summed E-state index contributed by atoms with van der Waals surface area (Å²) in [5, 5.41) is 0. The Labute approximate surface area is 94.3 Å². The second kappa shape index (κ2) is 2.48. The number of alkyl halides is 1. The molecule has 2 heteroatoms. The van der Waals surface area contributed by atoms with Gasteiger partial charge in [0.1, 0.15) is 0 Å². The van der Waals surface area contributed by atoms with Crippen LogP contribution in [-0.4, -0.2) is 0 Å². The van der Waals surface area contributed by atoms with Gasteiger partial charge in [0.2, 0.25) is 0 Å². The average molecular weight is 300 g/mol. The zero-order chi connectivity index (χ0) is 9.05. The Kier molecular flexibility index (Phi) is 1.58. The molecule has 0 saturated carbocycles. The molecule has 0 aliphatic heterocycles. The van der Waals surface area contributed by atoms with E-state index in [9.17, 15) is 0 Å². The third-order valence-corrected chi connectivity index (χ3v) is 4.75. The topological polar surface area (TPSA) is 0 Å². The van der Waals surface area contributed by atoms with E-state index in [-0.39, 0.29) is 4.32 Å². The molecule has 0 aromatic heterocycles. The number of hydrogen-bond acceptors (Lipinski definition) is 0. The fourth-order valence-electron chi connectivity index (χ4n) is 2.40. The van der Waals surface area contributed by atoms with Crippen LogP contribution in [0.15, 0.2) is 34.8 Å². The smallest absolute Gasteiger partial charge is 0.0708 e. The van der Waals surface area contributed by atoms with E-state index in [4.69, 9.17) is 0 Å². The van der Waals surface area contributed by atoms with E-state index in [1.807, 2.05) is 0 Å². The predicted molar refractivity (Wildman–Crippen MR) is 61.4 cm³/mol. The number of halogens is 2. The minimum absolute atomic E-state index is 0.118. The van der Waals surface area contributed by atoms with Gasteiger partial charge >= 0.3 is 0 Å². The zero-order valence-electron chi connectivity index (χ0n) is 6.93. The van der Waals surface area contributed by atoms with Crippen LogP contribution in [0.2, 0.25) is 0 Å². The van der Waals surface area contributed by atoms with Crippen molar-refractivity contribution < 1.29 is 0 Å². The zero-order valence-corrected chi connectivity index (χ0v) is 10.1. The van der Waals surface area contributed by atoms with E-state index in [2.05, 4.69) is 62.2 Å². The van der Waals surface area contributed by atoms with Crippen LogP contribution in [0.3, 0.4) is 0 Å². The summed E-state index contributed by atoms with van der Waals surface area (Å²) in [6, 6.07) is 8.69. The fraction of sp³-hybridized carbons (Fsp3) is 0.273. The summed E-state index contributed by atoms with van der Waals surface area (Å²) < 4.78 is 1.45. The minimum Gasteiger partial charge on any atom is -0.0754 e. The van der Waals surface area contributed by atoms with Crippen LogP contribution in [0.5, 0.6) is 0 Å². The molecular formula is C11H8Br2. The number of fused-ring (bicyclic) bond motifs is 5. The van der Waals surface area contributed by atoms with Crippen molar-refractivity contribution in [2.24, 2.45) is 0 Å². The highest BCUT2D eigenvalue weighted by molar-refractivity contribution is 9.12. The van der Waals surface area contributed by atoms with Gasteiger partial charge in [-0.1, -0.05) is 62.2 Å². The quantitative estimate of drug-likeness (QED) is 0.634. The molecule has 0 heterocycles. The summed E-state index contributed by atoms with van der Waals surface area (Å²) in [7, 11) is 0. The Morgan fingerprint density at radius 3 is 2.92 bits per heavy atom. The van der Waals surface area contributed by atoms with E-state index in [0.717, 1.165) is 0 Å². The van der Waals surface area contributed by atoms with E-state index >= 15 is 0 Å². The van der Waals surface area contributed by atoms with Crippen molar-refractivity contribution in [3.05, 3.63) is 46.0 Å². The van der Waals surface area contributed by atoms with Gasteiger partial charge in [0, 0.05) is 10.4 Å². The van der Waals surface area contributed by atoms with Gasteiger partial charge in [-0.3, -0.25) is 0 Å². The van der Waals surface area contributed by atoms with Crippen molar-refractivity contribution in [2.45, 2.75) is 16.7 Å². The van der Waals surface area contributed by atoms with Crippen LogP contribution in [0.25, 0.3) is 0 Å². The van der Waals surface area contributed by atoms with Crippen molar-refractivity contribution in [2.75, 3.05) is 0 Å². The fourth-order valence-corrected chi connectivity index (χ4v) is 4.44. The Bertz CT molecular complexity index is 408. The monoisotopic (exact) mass is 298 g/mol. The summed E-state index contributed by atoms with van der Waals surface area (Å²) >= 11 is 7.45. The number of allylic oxidation sites excluding steroid dienone is 2. The van der Waals surface area contributed by atoms with Crippen LogP contribution < -0.4 is 0 Å². The van der Waals surface area contributed by atoms with E-state index in [1.54, 1.807) is 0 Å². The molecule has 0 fully saturated rings. The molecule has 0 radical (unpaired) electrons. The molecular weight excluding hydrogens is 292 g/mol. The first-order chi connectivity index (χ1) is 6.21. The largest absolute Gasteiger partial charge is 0.0754 e. The molecule has 2 aliphatic carbocycles. The first kappa shape index (κ1) is 8.25. The maximum Gasteiger partial charge on any atom is 0.0708 e. The number of hydrogen-bond donors (Lipinski definition) is 0. The van der Waals surface area contributed by atoms with Crippen molar-refractivity contribution in [1.29, 1.82) is 0 Å². The third kappa shape index (κ3) is 0.962. The molecule has 1 aromatic carbocycles. The first-order valence-corrected chi connectivity index (χ1v) is 5.96. The average Bonchev–Trinajstić information content (AvgIpc) is 2.56. The van der Waals surface area contributed by atoms with Crippen LogP contribution >= 0.6 is 31.9 Å². The molecule has 0 N–H and O–H groups in total. The van der Waals surface area contributed by atoms with Crippen molar-refractivity contribution in [3.8, 4) is 0 Å². The molecule has 0 spiro atoms. The highest BCUT2D eigenvalue weighted by atomic mass is 79.9. The lowest BCUT2D eigenvalue weighted by Gasteiger charge is -2.18. The molecule has 1 aromatic rings. The Hall–Kier alpha value is -0.0800. The molecule has 66 valence electrons. The second-order valence-corrected chi connectivity index (χ2v) is 6.07. The maximum absolute atomic E-state index is 3.82. The number of benzene rings is 1. The third-order valence-electron chi connectivity index (χ3n) is 2.98. The number of rotatable bonds is 0. The standard InChI is InChI=1S/C11H8Br2/c12-10-6-11(13)5-8(10)7-3-1-2-4-9(7)11/h1-4,6,8H,5H2. The molecule has 2 unspecified atom stereocenters. The lowest BCUT2D eigenvalue weighted by molar-refractivity contribution is 0.765. The Balaban J connectivity index is 2.29. The maximum atomic E-state index is 3.82. The first-order valence-electron chi connectivity index (χ1n) is 4.37. The van der Waals surface area contributed by atoms with Crippen LogP contribution in [0.4, 0.5) is 0 Å². The van der Waals surface area contributed by atoms with E-state index in [0.29, 0.717) is 5.92 Å². The van der Waals surface area contributed by atoms with Gasteiger partial charge in [0.05, 0.1) is 4.32 Å². The molecule has 13 heavy (non-hydrogen) atoms. The minimum atomic E-state index is 0.118. The van der Waals surface area contributed by atoms with Crippen molar-refractivity contribution in [3.63, 3.8) is 0 Å². The molecule has 0 nitrogen and oxygen atoms in total. The van der Waals surface area contributed by atoms with Crippen molar-refractivity contribution in [1.82, 2.24) is 0 Å². The van der Waals surface area contributed by atoms with Gasteiger partial charge in [-0.25, -0.2) is 0 Å². The lowest BCUT2D eigenvalue weighted by Crippen LogP contribution is -2.08. The molecule has 3 rings (SSSR count). The summed E-state index contributed by atoms with van der Waals surface area (Å²) in [6.07, 6.45) is 3.47. The van der Waals surface area contributed by atoms with Crippen molar-refractivity contribution >= 4 is 31.9 Å². The van der Waals surface area contributed by atoms with Gasteiger partial charge in [-0.2, -0.15) is 0 Å². The van der Waals surface area contributed by atoms with Crippen LogP contribution in [-0.2, 0) is 4.32 Å². The van der Waals surface area contributed by atoms with Gasteiger partial charge in [0.15, 0.2) is 0 Å². The summed E-state index contributed by atoms with van der Waals surface area (Å²) in [6.45, 7) is 0. The summed E-state index contributed by atoms with van der Waals surface area (Å²) in [5.74, 6) is 0.593. The van der Waals surface area contributed by atoms with E-state index in [1.165, 1.54) is 22.0 Å². The van der Waals surface area contributed by atoms with Gasteiger partial charge in [0.25, 0.3) is 0 Å². The normalized spacial score (nSPS) is 34.6. The lowest BCUT2D eigenvalue weighted by atomic mass is 9.97. The molecule has 0 amide bonds. The SMILES string of the molecule is BrC1=CC2(Br)CC1c1ccccc12. The molecule has 2 atom stereocenters. The molecule has 0 saturated heterocycles. The highest BCUT2D eigenvalue weighted by Gasteiger charge is 2.46. The van der Waals surface area contributed by atoms with E-state index < -0.39 is 0 Å². The highest BCUT2D eigenvalue weighted by Crippen LogP contribution is 2.60. The van der Waals surface area contributed by atoms with Gasteiger partial charge in [-0.05, 0) is 17.5 Å². The molecule has 2 aliphatic rings. The predicted octanol–water partition coefficient (Wildman–Crippen LogP) is 4.06. The van der Waals surface area contributed by atoms with Crippen LogP contribution in [0, 0.1) is 0 Å². The van der Waals surface area contributed by atoms with Gasteiger partial charge < -0.3 is 0 Å². The van der Waals surface area contributed by atoms with Gasteiger partial charge in [-0.15, -0.1) is 0 Å². The van der Waals surface area contributed by atoms with Crippen LogP contribution in [0.1, 0.15) is 23.5 Å². The Morgan fingerprint density at radius 2 is 2.08 bits per heavy atom. The summed E-state index contributed by atoms with van der Waals surface area (Å²) in [4.78, 5) is 0. The summed E-state index contributed by atoms with van der Waals surface area (Å²) in [5.41, 5.74) is 2.93.